The molecule has 2 aromatic heterocycles. The quantitative estimate of drug-likeness (QED) is 0.844. The highest BCUT2D eigenvalue weighted by molar-refractivity contribution is 5.67. The minimum atomic E-state index is -0.784. The van der Waals surface area contributed by atoms with Gasteiger partial charge < -0.3 is 14.9 Å². The van der Waals surface area contributed by atoms with Crippen LogP contribution in [0.1, 0.15) is 48.3 Å². The predicted octanol–water partition coefficient (Wildman–Crippen LogP) is 2.05. The average molecular weight is 384 g/mol. The van der Waals surface area contributed by atoms with Crippen molar-refractivity contribution < 1.29 is 9.90 Å². The Morgan fingerprint density at radius 1 is 1.18 bits per heavy atom. The van der Waals surface area contributed by atoms with Gasteiger partial charge in [0.25, 0.3) is 0 Å². The Balaban J connectivity index is 1.64. The van der Waals surface area contributed by atoms with Gasteiger partial charge in [-0.1, -0.05) is 0 Å². The predicted molar refractivity (Wildman–Crippen MR) is 107 cm³/mol. The van der Waals surface area contributed by atoms with Crippen LogP contribution in [-0.4, -0.2) is 51.5 Å². The van der Waals surface area contributed by atoms with Crippen LogP contribution in [0.4, 0.5) is 11.8 Å². The molecule has 2 aromatic rings. The fraction of sp³-hybridized carbons (Fsp3) is 0.600. The van der Waals surface area contributed by atoms with E-state index >= 15 is 0 Å². The third-order valence-electron chi connectivity index (χ3n) is 5.51. The highest BCUT2D eigenvalue weighted by Crippen LogP contribution is 2.31. The Morgan fingerprint density at radius 3 is 2.79 bits per heavy atom. The summed E-state index contributed by atoms with van der Waals surface area (Å²) >= 11 is 0. The number of anilines is 2. The number of rotatable bonds is 5. The summed E-state index contributed by atoms with van der Waals surface area (Å²) < 4.78 is 2.04. The lowest BCUT2D eigenvalue weighted by atomic mass is 9.96. The molecule has 8 nitrogen and oxygen atoms in total. The number of carboxylic acids is 1. The number of aryl methyl sites for hydroxylation is 3. The standard InChI is InChI=1S/C20H28N6O2/c1-24(2)20-21-17-7-4-3-6-16(17)19(22-20)25-10-5-11-26-15(13-25)12-14(23-26)8-9-18(27)28/h12H,3-11,13H2,1-2H3,(H,27,28). The zero-order valence-electron chi connectivity index (χ0n) is 16.7. The molecule has 4 rings (SSSR count). The molecule has 28 heavy (non-hydrogen) atoms. The number of carboxylic acid groups (broad SMARTS) is 1. The van der Waals surface area contributed by atoms with E-state index in [1.165, 1.54) is 24.1 Å². The van der Waals surface area contributed by atoms with Gasteiger partial charge in [0.2, 0.25) is 5.95 Å². The van der Waals surface area contributed by atoms with E-state index in [0.29, 0.717) is 6.42 Å². The summed E-state index contributed by atoms with van der Waals surface area (Å²) in [5.74, 6) is 1.05. The summed E-state index contributed by atoms with van der Waals surface area (Å²) in [5.41, 5.74) is 4.49. The van der Waals surface area contributed by atoms with Crippen LogP contribution in [0.15, 0.2) is 6.07 Å². The second-order valence-corrected chi connectivity index (χ2v) is 7.89. The fourth-order valence-corrected chi connectivity index (χ4v) is 4.08. The number of hydrogen-bond acceptors (Lipinski definition) is 6. The summed E-state index contributed by atoms with van der Waals surface area (Å²) in [6.07, 6.45) is 6.03. The Kier molecular flexibility index (Phi) is 5.19. The third-order valence-corrected chi connectivity index (χ3v) is 5.51. The molecule has 150 valence electrons. The largest absolute Gasteiger partial charge is 0.481 e. The van der Waals surface area contributed by atoms with Crippen LogP contribution in [0.5, 0.6) is 0 Å². The Labute approximate surface area is 165 Å². The van der Waals surface area contributed by atoms with Crippen molar-refractivity contribution in [3.05, 3.63) is 28.7 Å². The molecule has 0 amide bonds. The van der Waals surface area contributed by atoms with Crippen LogP contribution >= 0.6 is 0 Å². The molecule has 0 saturated carbocycles. The molecule has 1 aliphatic heterocycles. The molecule has 0 bridgehead atoms. The van der Waals surface area contributed by atoms with E-state index < -0.39 is 5.97 Å². The van der Waals surface area contributed by atoms with Crippen LogP contribution in [0.3, 0.4) is 0 Å². The summed E-state index contributed by atoms with van der Waals surface area (Å²) in [7, 11) is 3.97. The van der Waals surface area contributed by atoms with Crippen molar-refractivity contribution in [3.63, 3.8) is 0 Å². The first-order valence-electron chi connectivity index (χ1n) is 10.1. The second kappa shape index (κ2) is 7.77. The van der Waals surface area contributed by atoms with E-state index in [1.807, 2.05) is 23.7 Å². The lowest BCUT2D eigenvalue weighted by molar-refractivity contribution is -0.136. The first-order valence-corrected chi connectivity index (χ1v) is 10.1. The van der Waals surface area contributed by atoms with Gasteiger partial charge in [0.15, 0.2) is 0 Å². The number of hydrogen-bond donors (Lipinski definition) is 1. The number of carbonyl (C=O) groups is 1. The van der Waals surface area contributed by atoms with Crippen LogP contribution in [-0.2, 0) is 37.1 Å². The molecule has 0 atom stereocenters. The van der Waals surface area contributed by atoms with Crippen molar-refractivity contribution in [2.24, 2.45) is 0 Å². The minimum absolute atomic E-state index is 0.117. The minimum Gasteiger partial charge on any atom is -0.481 e. The van der Waals surface area contributed by atoms with Crippen LogP contribution in [0, 0.1) is 0 Å². The van der Waals surface area contributed by atoms with Gasteiger partial charge in [0, 0.05) is 39.2 Å². The van der Waals surface area contributed by atoms with Gasteiger partial charge in [-0.15, -0.1) is 0 Å². The molecular formula is C20H28N6O2. The monoisotopic (exact) mass is 384 g/mol. The highest BCUT2D eigenvalue weighted by atomic mass is 16.4. The van der Waals surface area contributed by atoms with Gasteiger partial charge in [-0.05, 0) is 38.2 Å². The Hall–Kier alpha value is -2.64. The average Bonchev–Trinajstić information content (AvgIpc) is 2.95. The van der Waals surface area contributed by atoms with E-state index in [4.69, 9.17) is 15.1 Å². The van der Waals surface area contributed by atoms with Crippen molar-refractivity contribution in [2.75, 3.05) is 30.4 Å². The number of fused-ring (bicyclic) bond motifs is 2. The maximum Gasteiger partial charge on any atom is 0.303 e. The summed E-state index contributed by atoms with van der Waals surface area (Å²) in [5, 5.41) is 13.6. The molecule has 0 aromatic carbocycles. The third kappa shape index (κ3) is 3.81. The maximum absolute atomic E-state index is 10.9. The summed E-state index contributed by atoms with van der Waals surface area (Å²) in [6.45, 7) is 2.53. The van der Waals surface area contributed by atoms with E-state index in [2.05, 4.69) is 16.1 Å². The Bertz CT molecular complexity index is 876. The van der Waals surface area contributed by atoms with E-state index in [-0.39, 0.29) is 6.42 Å². The SMILES string of the molecule is CN(C)c1nc2c(c(N3CCCn4nc(CCC(=O)O)cc4C3)n1)CCCC2. The molecule has 0 saturated heterocycles. The Morgan fingerprint density at radius 2 is 2.00 bits per heavy atom. The van der Waals surface area contributed by atoms with Crippen LogP contribution in [0.25, 0.3) is 0 Å². The molecule has 0 unspecified atom stereocenters. The van der Waals surface area contributed by atoms with Gasteiger partial charge in [0.1, 0.15) is 5.82 Å². The molecule has 2 aliphatic rings. The van der Waals surface area contributed by atoms with E-state index in [1.54, 1.807) is 0 Å². The van der Waals surface area contributed by atoms with Crippen molar-refractivity contribution >= 4 is 17.7 Å². The maximum atomic E-state index is 10.9. The second-order valence-electron chi connectivity index (χ2n) is 7.89. The smallest absolute Gasteiger partial charge is 0.303 e. The van der Waals surface area contributed by atoms with E-state index in [0.717, 1.165) is 62.1 Å². The van der Waals surface area contributed by atoms with Crippen molar-refractivity contribution in [3.8, 4) is 0 Å². The van der Waals surface area contributed by atoms with Crippen molar-refractivity contribution in [1.82, 2.24) is 19.7 Å². The van der Waals surface area contributed by atoms with Gasteiger partial charge in [-0.2, -0.15) is 10.1 Å². The molecular weight excluding hydrogens is 356 g/mol. The first-order chi connectivity index (χ1) is 13.5. The topological polar surface area (TPSA) is 87.4 Å². The first kappa shape index (κ1) is 18.7. The summed E-state index contributed by atoms with van der Waals surface area (Å²) in [4.78, 5) is 24.9. The fourth-order valence-electron chi connectivity index (χ4n) is 4.08. The van der Waals surface area contributed by atoms with E-state index in [9.17, 15) is 4.79 Å². The zero-order valence-corrected chi connectivity index (χ0v) is 16.7. The molecule has 0 spiro atoms. The molecule has 0 fully saturated rings. The number of aromatic nitrogens is 4. The lowest BCUT2D eigenvalue weighted by Crippen LogP contribution is -2.28. The molecule has 1 aliphatic carbocycles. The molecule has 3 heterocycles. The highest BCUT2D eigenvalue weighted by Gasteiger charge is 2.25. The van der Waals surface area contributed by atoms with Gasteiger partial charge in [0.05, 0.1) is 30.0 Å². The van der Waals surface area contributed by atoms with Crippen molar-refractivity contribution in [1.29, 1.82) is 0 Å². The lowest BCUT2D eigenvalue weighted by Gasteiger charge is -2.28. The van der Waals surface area contributed by atoms with Gasteiger partial charge >= 0.3 is 5.97 Å². The number of nitrogens with zero attached hydrogens (tertiary/aromatic N) is 6. The molecule has 0 radical (unpaired) electrons. The molecule has 8 heteroatoms. The van der Waals surface area contributed by atoms with Crippen LogP contribution < -0.4 is 9.80 Å². The van der Waals surface area contributed by atoms with Gasteiger partial charge in [-0.3, -0.25) is 9.48 Å². The van der Waals surface area contributed by atoms with Crippen molar-refractivity contribution in [2.45, 2.75) is 58.0 Å². The molecule has 1 N–H and O–H groups in total. The normalized spacial score (nSPS) is 16.3. The summed E-state index contributed by atoms with van der Waals surface area (Å²) in [6, 6.07) is 2.06. The zero-order chi connectivity index (χ0) is 19.7. The number of aliphatic carboxylic acids is 1. The van der Waals surface area contributed by atoms with Crippen LogP contribution in [0.2, 0.25) is 0 Å². The van der Waals surface area contributed by atoms with Gasteiger partial charge in [-0.25, -0.2) is 4.98 Å².